The van der Waals surface area contributed by atoms with Crippen LogP contribution >= 0.6 is 0 Å². The molecule has 16 heavy (non-hydrogen) atoms. The molecule has 0 amide bonds. The fourth-order valence-corrected chi connectivity index (χ4v) is 1.63. The zero-order valence-electron chi connectivity index (χ0n) is 9.61. The number of furan rings is 1. The van der Waals surface area contributed by atoms with Gasteiger partial charge in [-0.2, -0.15) is 0 Å². The SMILES string of the molecule is CC(=O)c1coc2ccc(OC(C)C)cc12. The van der Waals surface area contributed by atoms with Crippen LogP contribution in [0, 0.1) is 0 Å². The Labute approximate surface area is 94.0 Å². The predicted octanol–water partition coefficient (Wildman–Crippen LogP) is 3.42. The molecule has 0 saturated heterocycles. The van der Waals surface area contributed by atoms with E-state index in [9.17, 15) is 4.79 Å². The molecule has 3 nitrogen and oxygen atoms in total. The van der Waals surface area contributed by atoms with Crippen molar-refractivity contribution in [2.24, 2.45) is 0 Å². The van der Waals surface area contributed by atoms with Crippen LogP contribution in [-0.2, 0) is 0 Å². The molecule has 0 fully saturated rings. The largest absolute Gasteiger partial charge is 0.491 e. The van der Waals surface area contributed by atoms with E-state index < -0.39 is 0 Å². The van der Waals surface area contributed by atoms with Crippen molar-refractivity contribution in [1.82, 2.24) is 0 Å². The van der Waals surface area contributed by atoms with Gasteiger partial charge in [0.05, 0.1) is 11.7 Å². The van der Waals surface area contributed by atoms with Crippen molar-refractivity contribution < 1.29 is 13.9 Å². The summed E-state index contributed by atoms with van der Waals surface area (Å²) in [5, 5.41) is 0.811. The molecule has 0 spiro atoms. The maximum absolute atomic E-state index is 11.4. The van der Waals surface area contributed by atoms with Crippen molar-refractivity contribution in [3.63, 3.8) is 0 Å². The van der Waals surface area contributed by atoms with Crippen LogP contribution in [0.25, 0.3) is 11.0 Å². The van der Waals surface area contributed by atoms with Crippen LogP contribution < -0.4 is 4.74 Å². The number of ether oxygens (including phenoxy) is 1. The first-order chi connectivity index (χ1) is 7.58. The highest BCUT2D eigenvalue weighted by Gasteiger charge is 2.11. The van der Waals surface area contributed by atoms with E-state index >= 15 is 0 Å². The molecule has 0 aliphatic carbocycles. The number of rotatable bonds is 3. The molecule has 0 unspecified atom stereocenters. The molecular formula is C13H14O3. The number of carbonyl (C=O) groups is 1. The molecule has 0 saturated carbocycles. The minimum atomic E-state index is 0.000414. The topological polar surface area (TPSA) is 39.4 Å². The van der Waals surface area contributed by atoms with Gasteiger partial charge in [0.2, 0.25) is 0 Å². The van der Waals surface area contributed by atoms with Crippen LogP contribution in [0.15, 0.2) is 28.9 Å². The van der Waals surface area contributed by atoms with E-state index in [1.54, 1.807) is 0 Å². The molecule has 3 heteroatoms. The summed E-state index contributed by atoms with van der Waals surface area (Å²) >= 11 is 0. The first-order valence-corrected chi connectivity index (χ1v) is 5.27. The van der Waals surface area contributed by atoms with Crippen LogP contribution in [0.3, 0.4) is 0 Å². The van der Waals surface area contributed by atoms with Gasteiger partial charge in [0.15, 0.2) is 5.78 Å². The highest BCUT2D eigenvalue weighted by Crippen LogP contribution is 2.26. The third kappa shape index (κ3) is 1.94. The van der Waals surface area contributed by atoms with Gasteiger partial charge < -0.3 is 9.15 Å². The minimum absolute atomic E-state index is 0.000414. The van der Waals surface area contributed by atoms with Crippen molar-refractivity contribution in [2.75, 3.05) is 0 Å². The van der Waals surface area contributed by atoms with Crippen LogP contribution in [0.4, 0.5) is 0 Å². The maximum Gasteiger partial charge on any atom is 0.163 e. The van der Waals surface area contributed by atoms with Crippen molar-refractivity contribution in [2.45, 2.75) is 26.9 Å². The standard InChI is InChI=1S/C13H14O3/c1-8(2)16-10-4-5-13-11(6-10)12(7-15-13)9(3)14/h4-8H,1-3H3. The zero-order valence-corrected chi connectivity index (χ0v) is 9.61. The Bertz CT molecular complexity index is 523. The lowest BCUT2D eigenvalue weighted by atomic mass is 10.1. The van der Waals surface area contributed by atoms with E-state index in [1.165, 1.54) is 13.2 Å². The number of Topliss-reactive ketones (excluding diaryl/α,β-unsaturated/α-hetero) is 1. The highest BCUT2D eigenvalue weighted by molar-refractivity contribution is 6.06. The molecule has 2 rings (SSSR count). The lowest BCUT2D eigenvalue weighted by Gasteiger charge is -2.09. The Morgan fingerprint density at radius 3 is 2.75 bits per heavy atom. The Morgan fingerprint density at radius 2 is 2.12 bits per heavy atom. The fourth-order valence-electron chi connectivity index (χ4n) is 1.63. The summed E-state index contributed by atoms with van der Waals surface area (Å²) in [7, 11) is 0. The van der Waals surface area contributed by atoms with Gasteiger partial charge in [-0.05, 0) is 39.0 Å². The number of carbonyl (C=O) groups excluding carboxylic acids is 1. The first kappa shape index (κ1) is 10.7. The second-order valence-corrected chi connectivity index (χ2v) is 4.03. The third-order valence-electron chi connectivity index (χ3n) is 2.30. The molecule has 1 heterocycles. The lowest BCUT2D eigenvalue weighted by Crippen LogP contribution is -2.05. The van der Waals surface area contributed by atoms with Gasteiger partial charge in [0.1, 0.15) is 17.6 Å². The Hall–Kier alpha value is -1.77. The molecule has 0 aliphatic rings. The molecule has 0 bridgehead atoms. The van der Waals surface area contributed by atoms with Gasteiger partial charge in [-0.3, -0.25) is 4.79 Å². The molecule has 1 aromatic heterocycles. The average molecular weight is 218 g/mol. The van der Waals surface area contributed by atoms with Crippen LogP contribution in [0.5, 0.6) is 5.75 Å². The van der Waals surface area contributed by atoms with Gasteiger partial charge in [-0.1, -0.05) is 0 Å². The van der Waals surface area contributed by atoms with Crippen LogP contribution in [0.2, 0.25) is 0 Å². The average Bonchev–Trinajstić information content (AvgIpc) is 2.59. The molecule has 0 N–H and O–H groups in total. The second kappa shape index (κ2) is 4.00. The van der Waals surface area contributed by atoms with E-state index in [2.05, 4.69) is 0 Å². The van der Waals surface area contributed by atoms with Crippen LogP contribution in [0.1, 0.15) is 31.1 Å². The Kier molecular flexibility index (Phi) is 2.69. The number of ketones is 1. The summed E-state index contributed by atoms with van der Waals surface area (Å²) in [4.78, 5) is 11.4. The van der Waals surface area contributed by atoms with Gasteiger partial charge in [-0.15, -0.1) is 0 Å². The van der Waals surface area contributed by atoms with E-state index in [0.717, 1.165) is 11.1 Å². The highest BCUT2D eigenvalue weighted by atomic mass is 16.5. The van der Waals surface area contributed by atoms with Gasteiger partial charge >= 0.3 is 0 Å². The fraction of sp³-hybridized carbons (Fsp3) is 0.308. The molecule has 0 atom stereocenters. The maximum atomic E-state index is 11.4. The second-order valence-electron chi connectivity index (χ2n) is 4.03. The van der Waals surface area contributed by atoms with E-state index in [4.69, 9.17) is 9.15 Å². The van der Waals surface area contributed by atoms with Crippen LogP contribution in [-0.4, -0.2) is 11.9 Å². The Balaban J connectivity index is 2.50. The molecular weight excluding hydrogens is 204 g/mol. The zero-order chi connectivity index (χ0) is 11.7. The number of hydrogen-bond donors (Lipinski definition) is 0. The van der Waals surface area contributed by atoms with E-state index in [1.807, 2.05) is 32.0 Å². The quantitative estimate of drug-likeness (QED) is 0.741. The first-order valence-electron chi connectivity index (χ1n) is 5.27. The summed E-state index contributed by atoms with van der Waals surface area (Å²) in [6.45, 7) is 5.46. The smallest absolute Gasteiger partial charge is 0.163 e. The Morgan fingerprint density at radius 1 is 1.38 bits per heavy atom. The van der Waals surface area contributed by atoms with E-state index in [0.29, 0.717) is 11.1 Å². The molecule has 0 aliphatic heterocycles. The third-order valence-corrected chi connectivity index (χ3v) is 2.30. The van der Waals surface area contributed by atoms with E-state index in [-0.39, 0.29) is 11.9 Å². The van der Waals surface area contributed by atoms with Crippen molar-refractivity contribution in [1.29, 1.82) is 0 Å². The summed E-state index contributed by atoms with van der Waals surface area (Å²) < 4.78 is 10.9. The number of benzene rings is 1. The van der Waals surface area contributed by atoms with Crippen molar-refractivity contribution in [3.05, 3.63) is 30.0 Å². The summed E-state index contributed by atoms with van der Waals surface area (Å²) in [6.07, 6.45) is 1.61. The van der Waals surface area contributed by atoms with Crippen molar-refractivity contribution >= 4 is 16.8 Å². The lowest BCUT2D eigenvalue weighted by molar-refractivity contribution is 0.101. The van der Waals surface area contributed by atoms with Gasteiger partial charge in [-0.25, -0.2) is 0 Å². The predicted molar refractivity (Wildman–Crippen MR) is 62.0 cm³/mol. The molecule has 1 aromatic carbocycles. The van der Waals surface area contributed by atoms with Crippen molar-refractivity contribution in [3.8, 4) is 5.75 Å². The summed E-state index contributed by atoms with van der Waals surface area (Å²) in [5.41, 5.74) is 1.31. The number of fused-ring (bicyclic) bond motifs is 1. The minimum Gasteiger partial charge on any atom is -0.491 e. The molecule has 84 valence electrons. The summed E-state index contributed by atoms with van der Waals surface area (Å²) in [5.74, 6) is 0.756. The number of hydrogen-bond acceptors (Lipinski definition) is 3. The van der Waals surface area contributed by atoms with Gasteiger partial charge in [0.25, 0.3) is 0 Å². The summed E-state index contributed by atoms with van der Waals surface area (Å²) in [6, 6.07) is 5.50. The monoisotopic (exact) mass is 218 g/mol. The van der Waals surface area contributed by atoms with Gasteiger partial charge in [0, 0.05) is 5.39 Å². The molecule has 2 aromatic rings. The normalized spacial score (nSPS) is 11.0. The molecule has 0 radical (unpaired) electrons.